The summed E-state index contributed by atoms with van der Waals surface area (Å²) in [6.07, 6.45) is 3.55. The molecule has 2 aromatic heterocycles. The van der Waals surface area contributed by atoms with Crippen LogP contribution >= 0.6 is 0 Å². The zero-order chi connectivity index (χ0) is 25.5. The topological polar surface area (TPSA) is 109 Å². The van der Waals surface area contributed by atoms with Gasteiger partial charge in [0.05, 0.1) is 29.5 Å². The Morgan fingerprint density at radius 2 is 2.03 bits per heavy atom. The van der Waals surface area contributed by atoms with Crippen molar-refractivity contribution in [3.8, 4) is 17.1 Å². The molecule has 192 valence electrons. The summed E-state index contributed by atoms with van der Waals surface area (Å²) in [5, 5.41) is 8.33. The lowest BCUT2D eigenvalue weighted by atomic mass is 9.87. The van der Waals surface area contributed by atoms with E-state index in [1.807, 2.05) is 39.8 Å². The Balaban J connectivity index is 1.68. The van der Waals surface area contributed by atoms with Crippen molar-refractivity contribution in [2.45, 2.75) is 78.6 Å². The highest BCUT2D eigenvalue weighted by atomic mass is 16.6. The standard InChI is InChI=1S/C25H37N5O5/c1-7-13-29(5)25(32)33-15-21-23(27-28-30(21)6)20-11-12-22(17(4)26-20)35-19-10-8-9-18(14-19)24(31)34-16(2)3/h11-12,16,18-19H,7-10,13-15H2,1-6H3/t18-,19-/m0/s1. The van der Waals surface area contributed by atoms with E-state index in [1.54, 1.807) is 18.8 Å². The van der Waals surface area contributed by atoms with Crippen LogP contribution in [0.2, 0.25) is 0 Å². The van der Waals surface area contributed by atoms with Gasteiger partial charge in [0.1, 0.15) is 23.7 Å². The van der Waals surface area contributed by atoms with Crippen molar-refractivity contribution in [3.63, 3.8) is 0 Å². The van der Waals surface area contributed by atoms with Gasteiger partial charge in [0.15, 0.2) is 0 Å². The monoisotopic (exact) mass is 487 g/mol. The molecule has 2 heterocycles. The number of aryl methyl sites for hydroxylation is 2. The second-order valence-corrected chi connectivity index (χ2v) is 9.35. The maximum absolute atomic E-state index is 12.3. The van der Waals surface area contributed by atoms with E-state index >= 15 is 0 Å². The lowest BCUT2D eigenvalue weighted by Crippen LogP contribution is -2.31. The number of rotatable bonds is 9. The van der Waals surface area contributed by atoms with Gasteiger partial charge in [-0.15, -0.1) is 5.10 Å². The van der Waals surface area contributed by atoms with Gasteiger partial charge in [-0.1, -0.05) is 12.1 Å². The van der Waals surface area contributed by atoms with Crippen molar-refractivity contribution in [1.82, 2.24) is 24.9 Å². The molecule has 1 aliphatic rings. The number of carbonyl (C=O) groups excluding carboxylic acids is 2. The number of hydrogen-bond donors (Lipinski definition) is 0. The molecule has 1 aliphatic carbocycles. The van der Waals surface area contributed by atoms with Crippen LogP contribution < -0.4 is 4.74 Å². The van der Waals surface area contributed by atoms with Gasteiger partial charge in [0.2, 0.25) is 0 Å². The molecule has 0 aliphatic heterocycles. The number of carbonyl (C=O) groups is 2. The van der Waals surface area contributed by atoms with Crippen molar-refractivity contribution in [1.29, 1.82) is 0 Å². The van der Waals surface area contributed by atoms with Crippen molar-refractivity contribution >= 4 is 12.1 Å². The molecule has 0 bridgehead atoms. The Hall–Kier alpha value is -3.17. The Bertz CT molecular complexity index is 1020. The molecule has 1 amide bonds. The van der Waals surface area contributed by atoms with Gasteiger partial charge < -0.3 is 19.1 Å². The number of hydrogen-bond acceptors (Lipinski definition) is 8. The van der Waals surface area contributed by atoms with E-state index in [-0.39, 0.29) is 30.7 Å². The normalized spacial score (nSPS) is 17.8. The maximum atomic E-state index is 12.3. The molecule has 3 rings (SSSR count). The molecule has 0 N–H and O–H groups in total. The summed E-state index contributed by atoms with van der Waals surface area (Å²) >= 11 is 0. The highest BCUT2D eigenvalue weighted by Gasteiger charge is 2.30. The van der Waals surface area contributed by atoms with E-state index in [0.717, 1.165) is 25.7 Å². The third-order valence-corrected chi connectivity index (χ3v) is 6.03. The Morgan fingerprint density at radius 3 is 2.71 bits per heavy atom. The summed E-state index contributed by atoms with van der Waals surface area (Å²) < 4.78 is 18.7. The molecule has 1 fully saturated rings. The zero-order valence-electron chi connectivity index (χ0n) is 21.6. The van der Waals surface area contributed by atoms with Crippen molar-refractivity contribution in [3.05, 3.63) is 23.5 Å². The minimum atomic E-state index is -0.394. The summed E-state index contributed by atoms with van der Waals surface area (Å²) in [6.45, 7) is 8.27. The van der Waals surface area contributed by atoms with Gasteiger partial charge in [-0.3, -0.25) is 4.79 Å². The number of esters is 1. The van der Waals surface area contributed by atoms with E-state index in [2.05, 4.69) is 15.3 Å². The average molecular weight is 488 g/mol. The first-order chi connectivity index (χ1) is 16.7. The van der Waals surface area contributed by atoms with Crippen LogP contribution in [0.5, 0.6) is 5.75 Å². The zero-order valence-corrected chi connectivity index (χ0v) is 21.6. The Morgan fingerprint density at radius 1 is 1.26 bits per heavy atom. The fourth-order valence-corrected chi connectivity index (χ4v) is 4.18. The van der Waals surface area contributed by atoms with Crippen LogP contribution in [0.15, 0.2) is 12.1 Å². The Kier molecular flexibility index (Phi) is 9.06. The predicted octanol–water partition coefficient (Wildman–Crippen LogP) is 4.05. The SMILES string of the molecule is CCCN(C)C(=O)OCc1c(-c2ccc(O[C@H]3CCC[C@H](C(=O)OC(C)C)C3)c(C)n2)nnn1C. The van der Waals surface area contributed by atoms with Crippen LogP contribution in [0, 0.1) is 12.8 Å². The van der Waals surface area contributed by atoms with Gasteiger partial charge in [0, 0.05) is 20.6 Å². The van der Waals surface area contributed by atoms with Crippen LogP contribution in [-0.4, -0.2) is 62.7 Å². The first kappa shape index (κ1) is 26.4. The van der Waals surface area contributed by atoms with Crippen LogP contribution in [-0.2, 0) is 27.9 Å². The molecule has 10 nitrogen and oxygen atoms in total. The van der Waals surface area contributed by atoms with Crippen LogP contribution in [0.3, 0.4) is 0 Å². The summed E-state index contributed by atoms with van der Waals surface area (Å²) in [5.41, 5.74) is 2.55. The van der Waals surface area contributed by atoms with Gasteiger partial charge in [-0.05, 0) is 65.0 Å². The first-order valence-electron chi connectivity index (χ1n) is 12.3. The Labute approximate surface area is 206 Å². The van der Waals surface area contributed by atoms with E-state index in [9.17, 15) is 9.59 Å². The number of nitrogens with zero attached hydrogens (tertiary/aromatic N) is 5. The van der Waals surface area contributed by atoms with Gasteiger partial charge in [-0.2, -0.15) is 0 Å². The predicted molar refractivity (Wildman–Crippen MR) is 130 cm³/mol. The number of pyridine rings is 1. The second kappa shape index (κ2) is 12.0. The quantitative estimate of drug-likeness (QED) is 0.487. The number of ether oxygens (including phenoxy) is 3. The first-order valence-corrected chi connectivity index (χ1v) is 12.3. The fourth-order valence-electron chi connectivity index (χ4n) is 4.18. The highest BCUT2D eigenvalue weighted by Crippen LogP contribution is 2.31. The summed E-state index contributed by atoms with van der Waals surface area (Å²) in [7, 11) is 3.46. The van der Waals surface area contributed by atoms with Crippen molar-refractivity contribution < 1.29 is 23.8 Å². The molecule has 2 atom stereocenters. The van der Waals surface area contributed by atoms with E-state index < -0.39 is 6.09 Å². The highest BCUT2D eigenvalue weighted by molar-refractivity contribution is 5.72. The summed E-state index contributed by atoms with van der Waals surface area (Å²) in [4.78, 5) is 30.7. The second-order valence-electron chi connectivity index (χ2n) is 9.35. The molecular formula is C25H37N5O5. The largest absolute Gasteiger partial charge is 0.489 e. The van der Waals surface area contributed by atoms with Crippen molar-refractivity contribution in [2.75, 3.05) is 13.6 Å². The van der Waals surface area contributed by atoms with E-state index in [0.29, 0.717) is 41.5 Å². The van der Waals surface area contributed by atoms with E-state index in [4.69, 9.17) is 14.2 Å². The van der Waals surface area contributed by atoms with Crippen LogP contribution in [0.4, 0.5) is 4.79 Å². The molecule has 0 spiro atoms. The number of aromatic nitrogens is 4. The van der Waals surface area contributed by atoms with Gasteiger partial charge >= 0.3 is 12.1 Å². The lowest BCUT2D eigenvalue weighted by Gasteiger charge is -2.29. The molecule has 0 radical (unpaired) electrons. The average Bonchev–Trinajstić information content (AvgIpc) is 3.19. The maximum Gasteiger partial charge on any atom is 0.409 e. The number of amides is 1. The molecule has 0 saturated heterocycles. The van der Waals surface area contributed by atoms with Crippen LogP contribution in [0.25, 0.3) is 11.4 Å². The lowest BCUT2D eigenvalue weighted by molar-refractivity contribution is -0.154. The molecule has 0 aromatic carbocycles. The summed E-state index contributed by atoms with van der Waals surface area (Å²) in [6, 6.07) is 3.70. The third kappa shape index (κ3) is 6.93. The molecule has 10 heteroatoms. The molecule has 0 unspecified atom stereocenters. The fraction of sp³-hybridized carbons (Fsp3) is 0.640. The minimum absolute atomic E-state index is 0.0423. The molecule has 35 heavy (non-hydrogen) atoms. The molecule has 1 saturated carbocycles. The van der Waals surface area contributed by atoms with Gasteiger partial charge in [-0.25, -0.2) is 14.5 Å². The third-order valence-electron chi connectivity index (χ3n) is 6.03. The molecule has 2 aromatic rings. The summed E-state index contributed by atoms with van der Waals surface area (Å²) in [5.74, 6) is 0.398. The smallest absolute Gasteiger partial charge is 0.409 e. The molecular weight excluding hydrogens is 450 g/mol. The van der Waals surface area contributed by atoms with E-state index in [1.165, 1.54) is 4.90 Å². The minimum Gasteiger partial charge on any atom is -0.489 e. The van der Waals surface area contributed by atoms with Gasteiger partial charge in [0.25, 0.3) is 0 Å². The van der Waals surface area contributed by atoms with Crippen LogP contribution in [0.1, 0.15) is 64.3 Å². The van der Waals surface area contributed by atoms with Crippen molar-refractivity contribution in [2.24, 2.45) is 13.0 Å².